The van der Waals surface area contributed by atoms with Crippen molar-refractivity contribution in [3.63, 3.8) is 0 Å². The summed E-state index contributed by atoms with van der Waals surface area (Å²) in [4.78, 5) is 42.3. The van der Waals surface area contributed by atoms with Gasteiger partial charge in [0.2, 0.25) is 0 Å². The van der Waals surface area contributed by atoms with Gasteiger partial charge in [0, 0.05) is 36.1 Å². The number of sulfone groups is 1. The van der Waals surface area contributed by atoms with Gasteiger partial charge in [0.05, 0.1) is 22.2 Å². The van der Waals surface area contributed by atoms with Crippen molar-refractivity contribution < 1.29 is 31.6 Å². The van der Waals surface area contributed by atoms with Crippen LogP contribution in [0.15, 0.2) is 58.6 Å². The minimum atomic E-state index is -3.98. The van der Waals surface area contributed by atoms with E-state index in [2.05, 4.69) is 5.32 Å². The van der Waals surface area contributed by atoms with Crippen LogP contribution in [0, 0.1) is 11.3 Å². The molecule has 0 aromatic heterocycles. The van der Waals surface area contributed by atoms with Gasteiger partial charge >= 0.3 is 12.1 Å². The highest BCUT2D eigenvalue weighted by Gasteiger charge is 2.48. The topological polar surface area (TPSA) is 128 Å². The summed E-state index contributed by atoms with van der Waals surface area (Å²) in [6.07, 6.45) is -1.22. The fraction of sp³-hybridized carbons (Fsp3) is 0.308. The minimum absolute atomic E-state index is 0.0187. The molecule has 0 saturated heterocycles. The van der Waals surface area contributed by atoms with Crippen molar-refractivity contribution in [2.75, 3.05) is 17.7 Å². The monoisotopic (exact) mass is 542 g/mol. The fourth-order valence-electron chi connectivity index (χ4n) is 4.80. The molecule has 0 fully saturated rings. The number of carbonyl (C=O) groups excluding carboxylic acids is 3. The van der Waals surface area contributed by atoms with Gasteiger partial charge < -0.3 is 5.32 Å². The number of urea groups is 2. The van der Waals surface area contributed by atoms with Gasteiger partial charge in [0.15, 0.2) is 15.6 Å². The zero-order chi connectivity index (χ0) is 27.8. The number of ketones is 1. The maximum absolute atomic E-state index is 14.0. The molecule has 4 amide bonds. The van der Waals surface area contributed by atoms with E-state index < -0.39 is 40.2 Å². The van der Waals surface area contributed by atoms with Crippen LogP contribution < -0.4 is 10.2 Å². The van der Waals surface area contributed by atoms with Gasteiger partial charge in [-0.2, -0.15) is 5.26 Å². The zero-order valence-corrected chi connectivity index (χ0v) is 21.4. The van der Waals surface area contributed by atoms with E-state index in [1.807, 2.05) is 6.07 Å². The highest BCUT2D eigenvalue weighted by Crippen LogP contribution is 2.45. The number of allylic oxidation sites excluding steroid dienone is 1. The second-order valence-electron chi connectivity index (χ2n) is 8.90. The molecule has 4 rings (SSSR count). The lowest BCUT2D eigenvalue weighted by molar-refractivity contribution is -0.116. The lowest BCUT2D eigenvalue weighted by Crippen LogP contribution is -2.56. The van der Waals surface area contributed by atoms with Crippen LogP contribution in [-0.4, -0.2) is 44.0 Å². The van der Waals surface area contributed by atoms with E-state index in [9.17, 15) is 36.8 Å². The van der Waals surface area contributed by atoms with Crippen molar-refractivity contribution in [1.82, 2.24) is 10.2 Å². The van der Waals surface area contributed by atoms with Crippen molar-refractivity contribution in [2.45, 2.75) is 43.5 Å². The lowest BCUT2D eigenvalue weighted by atomic mass is 9.83. The number of nitriles is 1. The summed E-state index contributed by atoms with van der Waals surface area (Å²) in [6.45, 7) is 1.73. The van der Waals surface area contributed by atoms with Crippen molar-refractivity contribution in [3.05, 3.63) is 70.4 Å². The van der Waals surface area contributed by atoms with Gasteiger partial charge in [-0.1, -0.05) is 18.2 Å². The van der Waals surface area contributed by atoms with E-state index in [1.165, 1.54) is 30.3 Å². The molecule has 1 N–H and O–H groups in total. The molecule has 1 atom stereocenters. The average molecular weight is 543 g/mol. The molecular weight excluding hydrogens is 518 g/mol. The average Bonchev–Trinajstić information content (AvgIpc) is 2.87. The molecule has 1 heterocycles. The molecule has 9 nitrogen and oxygen atoms in total. The number of benzene rings is 2. The molecule has 2 aliphatic rings. The maximum Gasteiger partial charge on any atom is 0.337 e. The van der Waals surface area contributed by atoms with Crippen LogP contribution in [0.4, 0.5) is 24.1 Å². The number of imide groups is 1. The number of carbonyl (C=O) groups is 3. The first-order valence-corrected chi connectivity index (χ1v) is 13.7. The molecule has 12 heteroatoms. The van der Waals surface area contributed by atoms with Gasteiger partial charge in [-0.3, -0.25) is 9.69 Å². The van der Waals surface area contributed by atoms with Crippen LogP contribution in [0.1, 0.15) is 55.3 Å². The van der Waals surface area contributed by atoms with Gasteiger partial charge in [-0.05, 0) is 49.6 Å². The summed E-state index contributed by atoms with van der Waals surface area (Å²) in [5.74, 6) is -0.406. The number of anilines is 1. The number of nitrogens with one attached hydrogen (secondary N) is 1. The third-order valence-corrected chi connectivity index (χ3v) is 7.54. The van der Waals surface area contributed by atoms with Crippen molar-refractivity contribution in [2.24, 2.45) is 0 Å². The van der Waals surface area contributed by atoms with E-state index in [4.69, 9.17) is 0 Å². The second kappa shape index (κ2) is 10.3. The predicted molar refractivity (Wildman–Crippen MR) is 133 cm³/mol. The van der Waals surface area contributed by atoms with Gasteiger partial charge in [-0.15, -0.1) is 0 Å². The van der Waals surface area contributed by atoms with Crippen LogP contribution in [0.2, 0.25) is 0 Å². The summed E-state index contributed by atoms with van der Waals surface area (Å²) in [7, 11) is -3.98. The van der Waals surface area contributed by atoms with Crippen LogP contribution in [0.5, 0.6) is 0 Å². The van der Waals surface area contributed by atoms with Crippen LogP contribution in [0.25, 0.3) is 0 Å². The molecule has 1 unspecified atom stereocenters. The molecule has 1 aliphatic carbocycles. The Morgan fingerprint density at radius 1 is 1.18 bits per heavy atom. The Morgan fingerprint density at radius 3 is 2.55 bits per heavy atom. The second-order valence-corrected chi connectivity index (χ2v) is 10.9. The number of rotatable bonds is 5. The molecular formula is C26H24F2N4O5S. The molecule has 0 radical (unpaired) electrons. The summed E-state index contributed by atoms with van der Waals surface area (Å²) in [5, 5.41) is 11.9. The Kier molecular flexibility index (Phi) is 7.33. The number of amides is 4. The van der Waals surface area contributed by atoms with Crippen molar-refractivity contribution >= 4 is 33.4 Å². The number of halogens is 2. The van der Waals surface area contributed by atoms with Crippen LogP contribution in [0.3, 0.4) is 0 Å². The maximum atomic E-state index is 14.0. The summed E-state index contributed by atoms with van der Waals surface area (Å²) in [5.41, 5.74) is -0.0415. The first-order valence-electron chi connectivity index (χ1n) is 11.8. The summed E-state index contributed by atoms with van der Waals surface area (Å²) < 4.78 is 52.5. The smallest absolute Gasteiger partial charge is 0.337 e. The first kappa shape index (κ1) is 26.9. The van der Waals surface area contributed by atoms with Gasteiger partial charge in [-0.25, -0.2) is 31.7 Å². The van der Waals surface area contributed by atoms with Crippen molar-refractivity contribution in [3.8, 4) is 6.07 Å². The Bertz CT molecular complexity index is 1510. The molecule has 2 aromatic carbocycles. The Balaban J connectivity index is 2.06. The van der Waals surface area contributed by atoms with Crippen LogP contribution in [-0.2, 0) is 14.6 Å². The Hall–Kier alpha value is -4.11. The quantitative estimate of drug-likeness (QED) is 0.587. The number of hydrogen-bond acceptors (Lipinski definition) is 6. The number of hydrogen-bond donors (Lipinski definition) is 1. The van der Waals surface area contributed by atoms with Crippen molar-refractivity contribution in [1.29, 1.82) is 5.26 Å². The van der Waals surface area contributed by atoms with Gasteiger partial charge in [0.1, 0.15) is 6.04 Å². The number of nitrogens with zero attached hydrogens (tertiary/aromatic N) is 3. The van der Waals surface area contributed by atoms with Crippen LogP contribution >= 0.6 is 0 Å². The molecule has 0 saturated carbocycles. The van der Waals surface area contributed by atoms with E-state index in [0.717, 1.165) is 28.2 Å². The highest BCUT2D eigenvalue weighted by molar-refractivity contribution is 7.90. The standard InChI is InChI=1S/C26H24F2N4O5S/c1-3-30-25(34)32-23(18-11-10-15(14-29)12-21(18)38(2,36)37)22-19(8-5-9-20(22)33)31(26(32)35)17-7-4-6-16(13-17)24(27)28/h4,6-7,10-13,23-24H,3,5,8-9H2,1-2H3,(H,30,34). The molecule has 198 valence electrons. The molecule has 1 aliphatic heterocycles. The normalized spacial score (nSPS) is 17.9. The van der Waals surface area contributed by atoms with E-state index in [-0.39, 0.29) is 57.9 Å². The Morgan fingerprint density at radius 2 is 1.92 bits per heavy atom. The lowest BCUT2D eigenvalue weighted by Gasteiger charge is -2.44. The van der Waals surface area contributed by atoms with E-state index in [1.54, 1.807) is 6.92 Å². The Labute approximate surface area is 218 Å². The minimum Gasteiger partial charge on any atom is -0.338 e. The first-order chi connectivity index (χ1) is 18.0. The number of Topliss-reactive ketones (excluding diaryl/α,β-unsaturated/α-hetero) is 1. The SMILES string of the molecule is CCNC(=O)N1C(=O)N(c2cccc(C(F)F)c2)C2=C(C(=O)CCC2)C1c1ccc(C#N)cc1S(C)(=O)=O. The largest absolute Gasteiger partial charge is 0.338 e. The fourth-order valence-corrected chi connectivity index (χ4v) is 5.75. The number of alkyl halides is 2. The molecule has 2 aromatic rings. The molecule has 38 heavy (non-hydrogen) atoms. The van der Waals surface area contributed by atoms with E-state index in [0.29, 0.717) is 6.42 Å². The highest BCUT2D eigenvalue weighted by atomic mass is 32.2. The van der Waals surface area contributed by atoms with Gasteiger partial charge in [0.25, 0.3) is 6.43 Å². The van der Waals surface area contributed by atoms with E-state index >= 15 is 0 Å². The molecule has 0 spiro atoms. The third kappa shape index (κ3) is 4.77. The molecule has 0 bridgehead atoms. The summed E-state index contributed by atoms with van der Waals surface area (Å²) in [6, 6.07) is 7.52. The predicted octanol–water partition coefficient (Wildman–Crippen LogP) is 4.62. The third-order valence-electron chi connectivity index (χ3n) is 6.39. The summed E-state index contributed by atoms with van der Waals surface area (Å²) >= 11 is 0. The zero-order valence-electron chi connectivity index (χ0n) is 20.6.